The van der Waals surface area contributed by atoms with E-state index in [1.54, 1.807) is 39.0 Å². The first-order valence-electron chi connectivity index (χ1n) is 17.7. The van der Waals surface area contributed by atoms with E-state index >= 15 is 0 Å². The summed E-state index contributed by atoms with van der Waals surface area (Å²) in [7, 11) is 0. The van der Waals surface area contributed by atoms with Crippen LogP contribution in [0, 0.1) is 11.8 Å². The van der Waals surface area contributed by atoms with Crippen molar-refractivity contribution in [2.75, 3.05) is 9.80 Å². The quantitative estimate of drug-likeness (QED) is 0.144. The van der Waals surface area contributed by atoms with Crippen LogP contribution in [0.15, 0.2) is 101 Å². The molecule has 46 heavy (non-hydrogen) atoms. The van der Waals surface area contributed by atoms with E-state index in [0.717, 1.165) is 0 Å². The van der Waals surface area contributed by atoms with E-state index in [0.29, 0.717) is 11.8 Å². The summed E-state index contributed by atoms with van der Waals surface area (Å²) in [6.07, 6.45) is 10.3. The van der Waals surface area contributed by atoms with E-state index in [4.69, 9.17) is 0 Å². The van der Waals surface area contributed by atoms with E-state index in [1.807, 2.05) is 11.3 Å². The molecule has 0 N–H and O–H groups in total. The maximum atomic E-state index is 2.98. The molecule has 1 aromatic heterocycles. The van der Waals surface area contributed by atoms with Crippen LogP contribution in [0.4, 0.5) is 17.1 Å². The summed E-state index contributed by atoms with van der Waals surface area (Å²) in [6.45, 7) is 15.7. The summed E-state index contributed by atoms with van der Waals surface area (Å²) in [5.74, 6) is 0.757. The minimum Gasteiger partial charge on any atom is -0.339 e. The summed E-state index contributed by atoms with van der Waals surface area (Å²) in [5.41, 5.74) is 15.4. The van der Waals surface area contributed by atoms with Gasteiger partial charge in [0.15, 0.2) is 0 Å². The summed E-state index contributed by atoms with van der Waals surface area (Å²) < 4.78 is 1.40. The molecule has 4 aliphatic heterocycles. The molecule has 11 rings (SSSR count). The third kappa shape index (κ3) is 2.52. The molecule has 228 valence electrons. The van der Waals surface area contributed by atoms with Gasteiger partial charge >= 0.3 is 0 Å². The zero-order valence-corrected chi connectivity index (χ0v) is 28.7. The summed E-state index contributed by atoms with van der Waals surface area (Å²) in [5, 5.41) is 1.40. The van der Waals surface area contributed by atoms with Crippen LogP contribution in [-0.2, 0) is 10.8 Å². The Bertz CT molecular complexity index is 2200. The van der Waals surface area contributed by atoms with Gasteiger partial charge in [-0.3, -0.25) is 0 Å². The Kier molecular flexibility index (Phi) is 4.59. The Morgan fingerprint density at radius 3 is 2.43 bits per heavy atom. The molecule has 2 nitrogen and oxygen atoms in total. The first kappa shape index (κ1) is 26.6. The molecule has 4 aromatic rings. The molecule has 0 bridgehead atoms. The summed E-state index contributed by atoms with van der Waals surface area (Å²) >= 11 is 2.03. The number of thiophene rings is 1. The molecule has 3 aliphatic carbocycles. The van der Waals surface area contributed by atoms with Crippen molar-refractivity contribution in [2.24, 2.45) is 11.8 Å². The van der Waals surface area contributed by atoms with Crippen molar-refractivity contribution in [3.8, 4) is 0 Å². The maximum absolute atomic E-state index is 2.98. The van der Waals surface area contributed by atoms with Crippen LogP contribution >= 0.6 is 11.3 Å². The number of benzene rings is 3. The lowest BCUT2D eigenvalue weighted by atomic mass is 9.27. The van der Waals surface area contributed by atoms with Gasteiger partial charge in [-0.05, 0) is 79.2 Å². The van der Waals surface area contributed by atoms with Crippen LogP contribution < -0.4 is 20.7 Å². The number of nitrogens with zero attached hydrogens (tertiary/aromatic N) is 2. The van der Waals surface area contributed by atoms with Gasteiger partial charge in [-0.15, -0.1) is 11.3 Å². The monoisotopic (exact) mass is 616 g/mol. The molecular formula is C42H41BN2S. The second kappa shape index (κ2) is 7.96. The van der Waals surface area contributed by atoms with Gasteiger partial charge in [-0.25, -0.2) is 0 Å². The lowest BCUT2D eigenvalue weighted by molar-refractivity contribution is 0.187. The molecule has 3 aromatic carbocycles. The predicted octanol–water partition coefficient (Wildman–Crippen LogP) is 9.06. The third-order valence-corrected chi connectivity index (χ3v) is 15.8. The van der Waals surface area contributed by atoms with Crippen LogP contribution in [-0.4, -0.2) is 17.8 Å². The third-order valence-electron chi connectivity index (χ3n) is 14.4. The molecule has 0 amide bonds. The molecule has 6 unspecified atom stereocenters. The first-order chi connectivity index (χ1) is 22.2. The lowest BCUT2D eigenvalue weighted by Gasteiger charge is -2.65. The highest BCUT2D eigenvalue weighted by Crippen LogP contribution is 2.70. The molecular weight excluding hydrogens is 575 g/mol. The fourth-order valence-electron chi connectivity index (χ4n) is 12.4. The zero-order chi connectivity index (χ0) is 31.1. The highest BCUT2D eigenvalue weighted by Gasteiger charge is 2.68. The molecule has 6 atom stereocenters. The number of hydrogen-bond acceptors (Lipinski definition) is 3. The zero-order valence-electron chi connectivity index (χ0n) is 27.9. The van der Waals surface area contributed by atoms with Crippen LogP contribution in [0.25, 0.3) is 10.1 Å². The van der Waals surface area contributed by atoms with E-state index in [2.05, 4.69) is 130 Å². The molecule has 5 heterocycles. The normalized spacial score (nSPS) is 35.7. The Hall–Kier alpha value is -3.50. The SMILES string of the molecule is CC1C=CC2(C)C3=C1C(C)C1=C4B(c5ccccc5N(c5c2sc2ccccc52)C43C)c2cccc3c2N1C1(C)CCCCC31C. The first-order valence-corrected chi connectivity index (χ1v) is 18.5. The van der Waals surface area contributed by atoms with Crippen LogP contribution in [0.1, 0.15) is 77.7 Å². The van der Waals surface area contributed by atoms with Crippen molar-refractivity contribution in [3.05, 3.63) is 112 Å². The number of rotatable bonds is 0. The van der Waals surface area contributed by atoms with Crippen molar-refractivity contribution in [1.82, 2.24) is 0 Å². The highest BCUT2D eigenvalue weighted by molar-refractivity contribution is 7.20. The standard InChI is InChI=1S/C42H41BN2S/c1-24-20-23-39(3)36-32(24)25(2)33-37-42(36,6)44(34-26-14-7-10-19-31(26)46-38(34)39)30-18-9-8-16-28(30)43(37)29-17-13-15-27-35(29)45(33)41(5)22-12-11-21-40(27,41)4/h7-10,13-20,23-25H,11-12,21-22H2,1-6H3. The Labute approximate surface area is 277 Å². The molecule has 7 aliphatic rings. The Balaban J connectivity index is 1.36. The number of fused-ring (bicyclic) bond motifs is 13. The second-order valence-corrected chi connectivity index (χ2v) is 17.3. The van der Waals surface area contributed by atoms with Gasteiger partial charge in [0, 0.05) is 48.8 Å². The molecule has 0 radical (unpaired) electrons. The van der Waals surface area contributed by atoms with Crippen LogP contribution in [0.3, 0.4) is 0 Å². The Morgan fingerprint density at radius 2 is 1.57 bits per heavy atom. The van der Waals surface area contributed by atoms with Gasteiger partial charge in [0.1, 0.15) is 0 Å². The van der Waals surface area contributed by atoms with E-state index in [1.165, 1.54) is 57.5 Å². The number of allylic oxidation sites excluding steroid dienone is 3. The topological polar surface area (TPSA) is 6.48 Å². The predicted molar refractivity (Wildman–Crippen MR) is 196 cm³/mol. The molecule has 1 saturated carbocycles. The van der Waals surface area contributed by atoms with Gasteiger partial charge in [-0.1, -0.05) is 106 Å². The van der Waals surface area contributed by atoms with Gasteiger partial charge in [0.2, 0.25) is 6.71 Å². The fourth-order valence-corrected chi connectivity index (χ4v) is 13.7. The van der Waals surface area contributed by atoms with Gasteiger partial charge in [0.05, 0.1) is 16.8 Å². The van der Waals surface area contributed by atoms with E-state index < -0.39 is 0 Å². The highest BCUT2D eigenvalue weighted by atomic mass is 32.1. The van der Waals surface area contributed by atoms with Crippen molar-refractivity contribution in [2.45, 2.75) is 89.1 Å². The van der Waals surface area contributed by atoms with Crippen LogP contribution in [0.2, 0.25) is 0 Å². The second-order valence-electron chi connectivity index (χ2n) is 16.3. The summed E-state index contributed by atoms with van der Waals surface area (Å²) in [6, 6.07) is 26.1. The maximum Gasteiger partial charge on any atom is 0.247 e. The molecule has 0 saturated heterocycles. The van der Waals surface area contributed by atoms with Crippen molar-refractivity contribution in [3.63, 3.8) is 0 Å². The van der Waals surface area contributed by atoms with Crippen molar-refractivity contribution < 1.29 is 0 Å². The van der Waals surface area contributed by atoms with Gasteiger partial charge < -0.3 is 9.80 Å². The van der Waals surface area contributed by atoms with Crippen LogP contribution in [0.5, 0.6) is 0 Å². The number of anilines is 3. The lowest BCUT2D eigenvalue weighted by Crippen LogP contribution is -2.72. The number of para-hydroxylation sites is 2. The minimum atomic E-state index is -0.279. The average Bonchev–Trinajstić information content (AvgIpc) is 3.54. The largest absolute Gasteiger partial charge is 0.339 e. The smallest absolute Gasteiger partial charge is 0.247 e. The molecule has 4 heteroatoms. The summed E-state index contributed by atoms with van der Waals surface area (Å²) in [4.78, 5) is 7.35. The van der Waals surface area contributed by atoms with E-state index in [-0.39, 0.29) is 28.6 Å². The number of hydrogen-bond donors (Lipinski definition) is 0. The minimum absolute atomic E-state index is 0.0629. The molecule has 0 spiro atoms. The van der Waals surface area contributed by atoms with E-state index in [9.17, 15) is 0 Å². The van der Waals surface area contributed by atoms with Gasteiger partial charge in [-0.2, -0.15) is 0 Å². The molecule has 1 fully saturated rings. The Morgan fingerprint density at radius 1 is 0.804 bits per heavy atom. The average molecular weight is 617 g/mol. The van der Waals surface area contributed by atoms with Gasteiger partial charge in [0.25, 0.3) is 0 Å². The van der Waals surface area contributed by atoms with Crippen molar-refractivity contribution in [1.29, 1.82) is 0 Å². The fraction of sp³-hybridized carbons (Fsp3) is 0.381. The van der Waals surface area contributed by atoms with Crippen molar-refractivity contribution >= 4 is 56.1 Å².